The van der Waals surface area contributed by atoms with E-state index in [1.165, 1.54) is 97.0 Å². The molecule has 0 rings (SSSR count). The van der Waals surface area contributed by atoms with Gasteiger partial charge in [0.2, 0.25) is 0 Å². The maximum atomic E-state index is 8.88. The van der Waals surface area contributed by atoms with E-state index in [0.29, 0.717) is 0 Å². The van der Waals surface area contributed by atoms with Crippen molar-refractivity contribution < 1.29 is 29.0 Å². The summed E-state index contributed by atoms with van der Waals surface area (Å²) >= 11 is 0. The van der Waals surface area contributed by atoms with Gasteiger partial charge in [0, 0.05) is 0 Å². The van der Waals surface area contributed by atoms with Crippen molar-refractivity contribution in [1.82, 2.24) is 0 Å². The van der Waals surface area contributed by atoms with Crippen LogP contribution in [0.15, 0.2) is 12.3 Å². The van der Waals surface area contributed by atoms with Crippen LogP contribution in [-0.4, -0.2) is 21.8 Å². The lowest BCUT2D eigenvalue weighted by atomic mass is 10.0. The summed E-state index contributed by atoms with van der Waals surface area (Å²) in [4.78, 5) is 30.7. The van der Waals surface area contributed by atoms with E-state index >= 15 is 0 Å². The summed E-state index contributed by atoms with van der Waals surface area (Å²) in [5.74, 6) is 0. The first-order valence-corrected chi connectivity index (χ1v) is 11.6. The Morgan fingerprint density at radius 2 is 1.08 bits per heavy atom. The first kappa shape index (κ1) is 27.8. The summed E-state index contributed by atoms with van der Waals surface area (Å²) in [6.45, 7) is 2.28. The van der Waals surface area contributed by atoms with Gasteiger partial charge in [-0.1, -0.05) is 90.4 Å². The quantitative estimate of drug-likeness (QED) is 0.0914. The molecule has 0 saturated carbocycles. The van der Waals surface area contributed by atoms with E-state index < -0.39 is 7.82 Å². The van der Waals surface area contributed by atoms with Crippen LogP contribution in [0.4, 0.5) is 0 Å². The van der Waals surface area contributed by atoms with Gasteiger partial charge in [0.15, 0.2) is 0 Å². The molecular formula is C19H41O6P. The van der Waals surface area contributed by atoms with Crippen LogP contribution in [0.2, 0.25) is 0 Å². The second-order valence-corrected chi connectivity index (χ2v) is 7.56. The minimum absolute atomic E-state index is 1.10. The minimum atomic E-state index is -4.64. The Bertz CT molecular complexity index is 322. The summed E-state index contributed by atoms with van der Waals surface area (Å²) in [5.41, 5.74) is 0. The number of rotatable bonds is 17. The molecule has 0 bridgehead atoms. The number of hydrogen-bond acceptors (Lipinski definition) is 3. The molecule has 26 heavy (non-hydrogen) atoms. The van der Waals surface area contributed by atoms with E-state index in [9.17, 15) is 0 Å². The molecule has 7 heteroatoms. The lowest BCUT2D eigenvalue weighted by molar-refractivity contribution is -0.222. The zero-order valence-corrected chi connectivity index (χ0v) is 17.7. The molecule has 158 valence electrons. The number of phosphoric acid groups is 1. The van der Waals surface area contributed by atoms with Crippen LogP contribution in [0.1, 0.15) is 103 Å². The fraction of sp³-hybridized carbons (Fsp3) is 0.895. The predicted molar refractivity (Wildman–Crippen MR) is 106 cm³/mol. The van der Waals surface area contributed by atoms with Gasteiger partial charge in [-0.25, -0.2) is 4.57 Å². The second-order valence-electron chi connectivity index (χ2n) is 6.53. The van der Waals surface area contributed by atoms with Gasteiger partial charge in [0.25, 0.3) is 0 Å². The van der Waals surface area contributed by atoms with Crippen molar-refractivity contribution in [3.05, 3.63) is 12.3 Å². The van der Waals surface area contributed by atoms with E-state index in [1.54, 1.807) is 6.26 Å². The molecule has 0 aliphatic heterocycles. The summed E-state index contributed by atoms with van der Waals surface area (Å²) in [6, 6.07) is 0. The van der Waals surface area contributed by atoms with Gasteiger partial charge in [0.05, 0.1) is 7.11 Å². The Labute approximate surface area is 160 Å². The predicted octanol–water partition coefficient (Wildman–Crippen LogP) is 6.02. The monoisotopic (exact) mass is 396 g/mol. The highest BCUT2D eigenvalue weighted by molar-refractivity contribution is 7.45. The van der Waals surface area contributed by atoms with Crippen LogP contribution in [0.3, 0.4) is 0 Å². The smallest absolute Gasteiger partial charge is 0.346 e. The van der Waals surface area contributed by atoms with Crippen LogP contribution >= 0.6 is 7.82 Å². The Morgan fingerprint density at radius 1 is 0.731 bits per heavy atom. The van der Waals surface area contributed by atoms with Gasteiger partial charge in [0.1, 0.15) is 6.26 Å². The third-order valence-corrected chi connectivity index (χ3v) is 3.97. The normalized spacial score (nSPS) is 11.4. The highest BCUT2D eigenvalue weighted by Crippen LogP contribution is 2.25. The lowest BCUT2D eigenvalue weighted by Crippen LogP contribution is -1.83. The molecule has 0 aromatic carbocycles. The number of unbranched alkanes of at least 4 members (excludes halogenated alkanes) is 14. The topological polar surface area (TPSA) is 96.2 Å². The van der Waals surface area contributed by atoms with E-state index in [1.807, 2.05) is 6.08 Å². The van der Waals surface area contributed by atoms with Crippen molar-refractivity contribution in [2.45, 2.75) is 103 Å². The number of hydrogen-bond donors (Lipinski definition) is 3. The Kier molecular flexibility index (Phi) is 24.2. The van der Waals surface area contributed by atoms with Crippen molar-refractivity contribution in [3.63, 3.8) is 0 Å². The van der Waals surface area contributed by atoms with Gasteiger partial charge in [-0.2, -0.15) is 4.89 Å². The van der Waals surface area contributed by atoms with Crippen molar-refractivity contribution in [2.24, 2.45) is 0 Å². The maximum Gasteiger partial charge on any atom is 0.466 e. The average Bonchev–Trinajstić information content (AvgIpc) is 2.56. The van der Waals surface area contributed by atoms with E-state index in [4.69, 9.17) is 19.2 Å². The molecule has 0 aliphatic rings. The Balaban J connectivity index is 0. The maximum absolute atomic E-state index is 8.88. The Hall–Kier alpha value is -0.390. The third kappa shape index (κ3) is 38.9. The molecule has 0 radical (unpaired) electrons. The number of allylic oxidation sites excluding steroid dienone is 1. The molecule has 0 fully saturated rings. The van der Waals surface area contributed by atoms with E-state index in [-0.39, 0.29) is 0 Å². The molecule has 0 aromatic rings. The van der Waals surface area contributed by atoms with Crippen molar-refractivity contribution >= 4 is 7.82 Å². The summed E-state index contributed by atoms with van der Waals surface area (Å²) in [5, 5.41) is 0. The van der Waals surface area contributed by atoms with Crippen molar-refractivity contribution in [1.29, 1.82) is 0 Å². The van der Waals surface area contributed by atoms with E-state index in [2.05, 4.69) is 16.7 Å². The first-order chi connectivity index (χ1) is 12.4. The average molecular weight is 397 g/mol. The first-order valence-electron chi connectivity index (χ1n) is 10.0. The molecule has 0 amide bonds. The molecule has 0 spiro atoms. The second kappa shape index (κ2) is 22.7. The third-order valence-electron chi connectivity index (χ3n) is 3.97. The zero-order valence-electron chi connectivity index (χ0n) is 16.8. The van der Waals surface area contributed by atoms with Crippen molar-refractivity contribution in [3.8, 4) is 0 Å². The molecule has 3 N–H and O–H groups in total. The SMILES string of the molecule is CCCCCCCCCCCCCCCCC=COOC.O=P(O)(O)O. The lowest BCUT2D eigenvalue weighted by Gasteiger charge is -2.02. The van der Waals surface area contributed by atoms with Gasteiger partial charge in [-0.3, -0.25) is 0 Å². The molecule has 0 atom stereocenters. The van der Waals surface area contributed by atoms with Gasteiger partial charge in [-0.05, 0) is 18.9 Å². The highest BCUT2D eigenvalue weighted by atomic mass is 31.2. The standard InChI is InChI=1S/C19H38O2.H3O4P/c1-3-4-5-6-7-8-9-10-11-12-13-14-15-16-17-18-19-21-20-2;1-5(2,3)4/h18-19H,3-17H2,1-2H3;(H3,1,2,3,4). The van der Waals surface area contributed by atoms with Crippen LogP contribution in [0.5, 0.6) is 0 Å². The Morgan fingerprint density at radius 3 is 1.42 bits per heavy atom. The van der Waals surface area contributed by atoms with Gasteiger partial charge in [-0.15, -0.1) is 0 Å². The fourth-order valence-corrected chi connectivity index (χ4v) is 2.62. The molecule has 6 nitrogen and oxygen atoms in total. The van der Waals surface area contributed by atoms with E-state index in [0.717, 1.165) is 6.42 Å². The molecule has 0 saturated heterocycles. The summed E-state index contributed by atoms with van der Waals surface area (Å²) in [7, 11) is -3.11. The minimum Gasteiger partial charge on any atom is -0.346 e. The van der Waals surface area contributed by atoms with Crippen LogP contribution < -0.4 is 0 Å². The van der Waals surface area contributed by atoms with Gasteiger partial charge < -0.3 is 19.6 Å². The largest absolute Gasteiger partial charge is 0.466 e. The highest BCUT2D eigenvalue weighted by Gasteiger charge is 2.00. The molecule has 0 aliphatic carbocycles. The van der Waals surface area contributed by atoms with Gasteiger partial charge >= 0.3 is 7.82 Å². The zero-order chi connectivity index (χ0) is 19.9. The molecule has 0 heterocycles. The summed E-state index contributed by atoms with van der Waals surface area (Å²) < 4.78 is 8.88. The van der Waals surface area contributed by atoms with Crippen LogP contribution in [0, 0.1) is 0 Å². The fourth-order valence-electron chi connectivity index (χ4n) is 2.62. The molecule has 0 unspecified atom stereocenters. The molecular weight excluding hydrogens is 355 g/mol. The summed E-state index contributed by atoms with van der Waals surface area (Å²) in [6.07, 6.45) is 24.5. The van der Waals surface area contributed by atoms with Crippen LogP contribution in [0.25, 0.3) is 0 Å². The van der Waals surface area contributed by atoms with Crippen LogP contribution in [-0.2, 0) is 14.3 Å². The van der Waals surface area contributed by atoms with Crippen molar-refractivity contribution in [2.75, 3.05) is 7.11 Å². The molecule has 0 aromatic heterocycles.